The van der Waals surface area contributed by atoms with Gasteiger partial charge < -0.3 is 9.73 Å². The Kier molecular flexibility index (Phi) is 5.91. The van der Waals surface area contributed by atoms with E-state index >= 15 is 0 Å². The summed E-state index contributed by atoms with van der Waals surface area (Å²) in [5, 5.41) is 5.55. The minimum absolute atomic E-state index is 0. The Morgan fingerprint density at radius 2 is 2.27 bits per heavy atom. The van der Waals surface area contributed by atoms with Crippen LogP contribution < -0.4 is 5.32 Å². The van der Waals surface area contributed by atoms with Crippen LogP contribution in [0.3, 0.4) is 0 Å². The molecule has 22 heavy (non-hydrogen) atoms. The first-order valence-electron chi connectivity index (χ1n) is 7.24. The quantitative estimate of drug-likeness (QED) is 0.908. The Hall–Kier alpha value is -0.590. The lowest BCUT2D eigenvalue weighted by molar-refractivity contribution is 0.266. The van der Waals surface area contributed by atoms with Gasteiger partial charge in [-0.3, -0.25) is 4.90 Å². The van der Waals surface area contributed by atoms with Gasteiger partial charge in [0.05, 0.1) is 10.6 Å². The fourth-order valence-electron chi connectivity index (χ4n) is 3.43. The first-order valence-corrected chi connectivity index (χ1v) is 8.12. The minimum atomic E-state index is 0. The number of hydrogen-bond donors (Lipinski definition) is 1. The molecule has 1 atom stereocenters. The number of rotatable bonds is 3. The van der Waals surface area contributed by atoms with Crippen LogP contribution in [0, 0.1) is 5.41 Å². The van der Waals surface area contributed by atoms with Crippen LogP contribution in [0.4, 0.5) is 0 Å². The van der Waals surface area contributed by atoms with E-state index in [1.807, 2.05) is 12.3 Å². The average Bonchev–Trinajstić information content (AvgIpc) is 3.21. The van der Waals surface area contributed by atoms with Gasteiger partial charge in [0.1, 0.15) is 6.26 Å². The van der Waals surface area contributed by atoms with E-state index in [9.17, 15) is 0 Å². The van der Waals surface area contributed by atoms with Gasteiger partial charge in [0.15, 0.2) is 0 Å². The van der Waals surface area contributed by atoms with Gasteiger partial charge in [-0.25, -0.2) is 4.98 Å². The molecule has 7 heteroatoms. The van der Waals surface area contributed by atoms with Crippen molar-refractivity contribution < 1.29 is 4.42 Å². The first kappa shape index (κ1) is 17.8. The van der Waals surface area contributed by atoms with Gasteiger partial charge in [-0.05, 0) is 42.8 Å². The Bertz CT molecular complexity index is 581. The zero-order chi connectivity index (χ0) is 13.4. The molecule has 1 spiro atoms. The predicted octanol–water partition coefficient (Wildman–Crippen LogP) is 3.43. The van der Waals surface area contributed by atoms with E-state index in [0.717, 1.165) is 23.0 Å². The topological polar surface area (TPSA) is 41.3 Å². The summed E-state index contributed by atoms with van der Waals surface area (Å²) in [4.78, 5) is 8.24. The summed E-state index contributed by atoms with van der Waals surface area (Å²) < 4.78 is 5.60. The molecule has 0 aliphatic carbocycles. The molecule has 2 fully saturated rings. The molecule has 0 amide bonds. The van der Waals surface area contributed by atoms with Crippen molar-refractivity contribution in [3.63, 3.8) is 0 Å². The lowest BCUT2D eigenvalue weighted by atomic mass is 9.87. The summed E-state index contributed by atoms with van der Waals surface area (Å²) in [6, 6.07) is 4.08. The van der Waals surface area contributed by atoms with Crippen molar-refractivity contribution >= 4 is 36.2 Å². The van der Waals surface area contributed by atoms with Crippen molar-refractivity contribution in [2.75, 3.05) is 26.2 Å². The van der Waals surface area contributed by atoms with Gasteiger partial charge in [0, 0.05) is 19.6 Å². The van der Waals surface area contributed by atoms with Gasteiger partial charge in [0.25, 0.3) is 0 Å². The highest BCUT2D eigenvalue weighted by molar-refractivity contribution is 7.13. The molecule has 4 heterocycles. The summed E-state index contributed by atoms with van der Waals surface area (Å²) in [6.07, 6.45) is 4.45. The fourth-order valence-corrected chi connectivity index (χ4v) is 4.08. The standard InChI is InChI=1S/C15H19N3OS.2ClH/c1-2-13(20-7-1)14-17-12(9-19-14)8-18-6-4-15(11-18)3-5-16-10-15;;/h1-2,7,9,16H,3-6,8,10-11H2;2*1H. The monoisotopic (exact) mass is 361 g/mol. The van der Waals surface area contributed by atoms with E-state index in [1.165, 1.54) is 39.0 Å². The van der Waals surface area contributed by atoms with Crippen LogP contribution in [-0.4, -0.2) is 36.1 Å². The Morgan fingerprint density at radius 3 is 3.00 bits per heavy atom. The molecule has 2 aromatic heterocycles. The number of halogens is 2. The zero-order valence-corrected chi connectivity index (χ0v) is 14.7. The van der Waals surface area contributed by atoms with Crippen LogP contribution in [0.15, 0.2) is 28.2 Å². The fraction of sp³-hybridized carbons (Fsp3) is 0.533. The number of nitrogens with zero attached hydrogens (tertiary/aromatic N) is 2. The predicted molar refractivity (Wildman–Crippen MR) is 94.1 cm³/mol. The van der Waals surface area contributed by atoms with Crippen molar-refractivity contribution in [1.29, 1.82) is 0 Å². The largest absolute Gasteiger partial charge is 0.444 e. The van der Waals surface area contributed by atoms with Gasteiger partial charge >= 0.3 is 0 Å². The van der Waals surface area contributed by atoms with E-state index in [4.69, 9.17) is 4.42 Å². The summed E-state index contributed by atoms with van der Waals surface area (Å²) in [5.41, 5.74) is 1.58. The van der Waals surface area contributed by atoms with E-state index < -0.39 is 0 Å². The molecule has 0 aromatic carbocycles. The Labute approximate surface area is 147 Å². The second-order valence-corrected chi connectivity index (χ2v) is 6.96. The SMILES string of the molecule is Cl.Cl.c1csc(-c2nc(CN3CCC4(CCNC4)C3)co2)c1. The maximum absolute atomic E-state index is 5.60. The highest BCUT2D eigenvalue weighted by atomic mass is 35.5. The molecule has 122 valence electrons. The molecular weight excluding hydrogens is 341 g/mol. The molecule has 2 aliphatic rings. The van der Waals surface area contributed by atoms with Crippen LogP contribution >= 0.6 is 36.2 Å². The van der Waals surface area contributed by atoms with Crippen LogP contribution in [0.1, 0.15) is 18.5 Å². The van der Waals surface area contributed by atoms with E-state index in [1.54, 1.807) is 11.3 Å². The number of oxazole rings is 1. The summed E-state index contributed by atoms with van der Waals surface area (Å²) in [7, 11) is 0. The molecule has 4 nitrogen and oxygen atoms in total. The molecule has 1 unspecified atom stereocenters. The molecule has 0 bridgehead atoms. The van der Waals surface area contributed by atoms with Crippen molar-refractivity contribution in [2.45, 2.75) is 19.4 Å². The normalized spacial score (nSPS) is 24.4. The van der Waals surface area contributed by atoms with Crippen LogP contribution in [-0.2, 0) is 6.54 Å². The maximum atomic E-state index is 5.60. The lowest BCUT2D eigenvalue weighted by Crippen LogP contribution is -2.29. The molecule has 2 aliphatic heterocycles. The van der Waals surface area contributed by atoms with Gasteiger partial charge in [-0.15, -0.1) is 36.2 Å². The molecular formula is C15H21Cl2N3OS. The van der Waals surface area contributed by atoms with E-state index in [0.29, 0.717) is 5.41 Å². The zero-order valence-electron chi connectivity index (χ0n) is 12.3. The number of hydrogen-bond acceptors (Lipinski definition) is 5. The molecule has 0 saturated carbocycles. The summed E-state index contributed by atoms with van der Waals surface area (Å²) >= 11 is 1.67. The third-order valence-electron chi connectivity index (χ3n) is 4.52. The highest BCUT2D eigenvalue weighted by Crippen LogP contribution is 2.36. The van der Waals surface area contributed by atoms with Gasteiger partial charge in [-0.2, -0.15) is 0 Å². The molecule has 0 radical (unpaired) electrons. The summed E-state index contributed by atoms with van der Waals surface area (Å²) in [5.74, 6) is 0.756. The molecule has 2 saturated heterocycles. The number of aromatic nitrogens is 1. The third-order valence-corrected chi connectivity index (χ3v) is 5.38. The van der Waals surface area contributed by atoms with Gasteiger partial charge in [0.2, 0.25) is 5.89 Å². The number of nitrogens with one attached hydrogen (secondary N) is 1. The van der Waals surface area contributed by atoms with Crippen LogP contribution in [0.25, 0.3) is 10.8 Å². The van der Waals surface area contributed by atoms with Gasteiger partial charge in [-0.1, -0.05) is 6.07 Å². The van der Waals surface area contributed by atoms with Crippen molar-refractivity contribution in [3.05, 3.63) is 29.5 Å². The lowest BCUT2D eigenvalue weighted by Gasteiger charge is -2.22. The minimum Gasteiger partial charge on any atom is -0.444 e. The molecule has 1 N–H and O–H groups in total. The van der Waals surface area contributed by atoms with Crippen LogP contribution in [0.2, 0.25) is 0 Å². The Morgan fingerprint density at radius 1 is 1.36 bits per heavy atom. The van der Waals surface area contributed by atoms with Crippen LogP contribution in [0.5, 0.6) is 0 Å². The smallest absolute Gasteiger partial charge is 0.236 e. The molecule has 2 aromatic rings. The Balaban J connectivity index is 0.000000882. The first-order chi connectivity index (χ1) is 9.83. The summed E-state index contributed by atoms with van der Waals surface area (Å²) in [6.45, 7) is 5.66. The number of thiophene rings is 1. The average molecular weight is 362 g/mol. The van der Waals surface area contributed by atoms with E-state index in [2.05, 4.69) is 26.6 Å². The van der Waals surface area contributed by atoms with Crippen molar-refractivity contribution in [1.82, 2.24) is 15.2 Å². The second-order valence-electron chi connectivity index (χ2n) is 6.01. The van der Waals surface area contributed by atoms with Crippen molar-refractivity contribution in [3.8, 4) is 10.8 Å². The maximum Gasteiger partial charge on any atom is 0.236 e. The highest BCUT2D eigenvalue weighted by Gasteiger charge is 2.40. The number of likely N-dealkylation sites (tertiary alicyclic amines) is 1. The third kappa shape index (κ3) is 3.49. The van der Waals surface area contributed by atoms with E-state index in [-0.39, 0.29) is 24.8 Å². The molecule has 4 rings (SSSR count). The second kappa shape index (κ2) is 7.32. The van der Waals surface area contributed by atoms with Crippen molar-refractivity contribution in [2.24, 2.45) is 5.41 Å².